The van der Waals surface area contributed by atoms with Crippen molar-refractivity contribution in [1.29, 1.82) is 0 Å². The van der Waals surface area contributed by atoms with Crippen molar-refractivity contribution < 1.29 is 4.74 Å². The zero-order valence-electron chi connectivity index (χ0n) is 7.56. The van der Waals surface area contributed by atoms with Gasteiger partial charge in [-0.2, -0.15) is 0 Å². The van der Waals surface area contributed by atoms with Crippen LogP contribution in [0.3, 0.4) is 0 Å². The van der Waals surface area contributed by atoms with Gasteiger partial charge in [0.25, 0.3) is 5.56 Å². The van der Waals surface area contributed by atoms with E-state index in [9.17, 15) is 4.79 Å². The largest absolute Gasteiger partial charge is 0.379 e. The van der Waals surface area contributed by atoms with Crippen molar-refractivity contribution in [3.05, 3.63) is 28.4 Å². The van der Waals surface area contributed by atoms with Gasteiger partial charge in [-0.3, -0.25) is 9.78 Å². The van der Waals surface area contributed by atoms with Crippen LogP contribution in [0.1, 0.15) is 18.2 Å². The lowest BCUT2D eigenvalue weighted by molar-refractivity contribution is 0.185. The Morgan fingerprint density at radius 3 is 3.08 bits per heavy atom. The van der Waals surface area contributed by atoms with E-state index >= 15 is 0 Å². The molecule has 1 aliphatic heterocycles. The third-order valence-corrected chi connectivity index (χ3v) is 2.33. The molecule has 2 rings (SSSR count). The summed E-state index contributed by atoms with van der Waals surface area (Å²) in [5.74, 6) is 0. The Balaban J connectivity index is 2.43. The van der Waals surface area contributed by atoms with E-state index in [1.165, 1.54) is 6.20 Å². The Kier molecular flexibility index (Phi) is 2.14. The van der Waals surface area contributed by atoms with Crippen molar-refractivity contribution in [2.75, 3.05) is 13.2 Å². The lowest BCUT2D eigenvalue weighted by Gasteiger charge is -2.14. The number of ether oxygens (including phenoxy) is 1. The fraction of sp³-hybridized carbons (Fsp3) is 0.556. The molecule has 0 N–H and O–H groups in total. The van der Waals surface area contributed by atoms with Gasteiger partial charge in [-0.05, 0) is 13.3 Å². The van der Waals surface area contributed by atoms with E-state index in [0.717, 1.165) is 18.7 Å². The summed E-state index contributed by atoms with van der Waals surface area (Å²) in [7, 11) is 0. The highest BCUT2D eigenvalue weighted by molar-refractivity contribution is 4.98. The van der Waals surface area contributed by atoms with E-state index in [4.69, 9.17) is 4.74 Å². The van der Waals surface area contributed by atoms with Gasteiger partial charge in [0.15, 0.2) is 0 Å². The van der Waals surface area contributed by atoms with Gasteiger partial charge in [0.2, 0.25) is 0 Å². The molecular formula is C9H12N2O2. The van der Waals surface area contributed by atoms with Gasteiger partial charge in [0.1, 0.15) is 0 Å². The lowest BCUT2D eigenvalue weighted by Crippen LogP contribution is -2.26. The van der Waals surface area contributed by atoms with Crippen LogP contribution in [-0.4, -0.2) is 22.8 Å². The Morgan fingerprint density at radius 1 is 1.62 bits per heavy atom. The summed E-state index contributed by atoms with van der Waals surface area (Å²) in [6, 6.07) is 0.204. The van der Waals surface area contributed by atoms with Gasteiger partial charge in [0, 0.05) is 18.5 Å². The predicted octanol–water partition coefficient (Wildman–Crippen LogP) is 0.513. The van der Waals surface area contributed by atoms with Gasteiger partial charge < -0.3 is 9.30 Å². The second-order valence-electron chi connectivity index (χ2n) is 3.27. The van der Waals surface area contributed by atoms with Gasteiger partial charge >= 0.3 is 0 Å². The number of aromatic nitrogens is 2. The predicted molar refractivity (Wildman–Crippen MR) is 47.7 cm³/mol. The zero-order valence-corrected chi connectivity index (χ0v) is 7.56. The van der Waals surface area contributed by atoms with Crippen LogP contribution < -0.4 is 5.56 Å². The highest BCUT2D eigenvalue weighted by Crippen LogP contribution is 2.17. The molecule has 0 spiro atoms. The molecule has 1 aromatic rings. The fourth-order valence-corrected chi connectivity index (χ4v) is 1.70. The molecule has 70 valence electrons. The van der Waals surface area contributed by atoms with Crippen LogP contribution in [0.25, 0.3) is 0 Å². The third-order valence-electron chi connectivity index (χ3n) is 2.33. The van der Waals surface area contributed by atoms with Crippen LogP contribution in [0.5, 0.6) is 0 Å². The van der Waals surface area contributed by atoms with E-state index in [2.05, 4.69) is 4.98 Å². The molecule has 2 heterocycles. The molecule has 1 aliphatic rings. The van der Waals surface area contributed by atoms with Crippen molar-refractivity contribution in [3.63, 3.8) is 0 Å². The molecule has 1 saturated heterocycles. The summed E-state index contributed by atoms with van der Waals surface area (Å²) < 4.78 is 7.01. The molecule has 4 heteroatoms. The molecule has 13 heavy (non-hydrogen) atoms. The minimum absolute atomic E-state index is 0.0319. The molecule has 0 amide bonds. The summed E-state index contributed by atoms with van der Waals surface area (Å²) in [5, 5.41) is 0. The molecule has 0 saturated carbocycles. The SMILES string of the molecule is Cc1cncc(=O)n1C1CCOC1. The second-order valence-corrected chi connectivity index (χ2v) is 3.27. The van der Waals surface area contributed by atoms with E-state index in [-0.39, 0.29) is 11.6 Å². The van der Waals surface area contributed by atoms with Crippen molar-refractivity contribution >= 4 is 0 Å². The molecule has 4 nitrogen and oxygen atoms in total. The maximum absolute atomic E-state index is 11.5. The van der Waals surface area contributed by atoms with Crippen LogP contribution in [0.2, 0.25) is 0 Å². The van der Waals surface area contributed by atoms with Gasteiger partial charge in [0.05, 0.1) is 18.8 Å². The number of hydrogen-bond donors (Lipinski definition) is 0. The third kappa shape index (κ3) is 1.49. The minimum atomic E-state index is -0.0319. The van der Waals surface area contributed by atoms with Crippen LogP contribution in [0.4, 0.5) is 0 Å². The average Bonchev–Trinajstić information content (AvgIpc) is 2.57. The first-order valence-electron chi connectivity index (χ1n) is 4.40. The molecule has 1 unspecified atom stereocenters. The second kappa shape index (κ2) is 3.30. The minimum Gasteiger partial charge on any atom is -0.379 e. The van der Waals surface area contributed by atoms with Crippen LogP contribution in [0.15, 0.2) is 17.2 Å². The molecule has 1 aromatic heterocycles. The first kappa shape index (κ1) is 8.44. The summed E-state index contributed by atoms with van der Waals surface area (Å²) in [6.07, 6.45) is 3.98. The van der Waals surface area contributed by atoms with E-state index in [1.54, 1.807) is 10.8 Å². The summed E-state index contributed by atoms with van der Waals surface area (Å²) in [5.41, 5.74) is 0.874. The number of nitrogens with zero attached hydrogens (tertiary/aromatic N) is 2. The zero-order chi connectivity index (χ0) is 9.26. The Hall–Kier alpha value is -1.16. The molecular weight excluding hydrogens is 168 g/mol. The summed E-state index contributed by atoms with van der Waals surface area (Å²) >= 11 is 0. The standard InChI is InChI=1S/C9H12N2O2/c1-7-4-10-5-9(12)11(7)8-2-3-13-6-8/h4-5,8H,2-3,6H2,1H3. The van der Waals surface area contributed by atoms with E-state index in [1.807, 2.05) is 6.92 Å². The first-order chi connectivity index (χ1) is 6.29. The van der Waals surface area contributed by atoms with E-state index < -0.39 is 0 Å². The van der Waals surface area contributed by atoms with Gasteiger partial charge in [-0.1, -0.05) is 0 Å². The maximum Gasteiger partial charge on any atom is 0.269 e. The molecule has 0 aromatic carbocycles. The van der Waals surface area contributed by atoms with Crippen molar-refractivity contribution in [2.45, 2.75) is 19.4 Å². The molecule has 0 aliphatic carbocycles. The normalized spacial score (nSPS) is 22.1. The highest BCUT2D eigenvalue weighted by atomic mass is 16.5. The quantitative estimate of drug-likeness (QED) is 0.632. The Labute approximate surface area is 76.2 Å². The number of hydrogen-bond acceptors (Lipinski definition) is 3. The molecule has 0 radical (unpaired) electrons. The molecule has 1 atom stereocenters. The lowest BCUT2D eigenvalue weighted by atomic mass is 10.2. The number of rotatable bonds is 1. The molecule has 0 bridgehead atoms. The Morgan fingerprint density at radius 2 is 2.46 bits per heavy atom. The first-order valence-corrected chi connectivity index (χ1v) is 4.40. The summed E-state index contributed by atoms with van der Waals surface area (Å²) in [6.45, 7) is 3.29. The van der Waals surface area contributed by atoms with Crippen molar-refractivity contribution in [2.24, 2.45) is 0 Å². The van der Waals surface area contributed by atoms with Crippen LogP contribution in [-0.2, 0) is 4.74 Å². The maximum atomic E-state index is 11.5. The fourth-order valence-electron chi connectivity index (χ4n) is 1.70. The monoisotopic (exact) mass is 180 g/mol. The van der Waals surface area contributed by atoms with E-state index in [0.29, 0.717) is 6.61 Å². The average molecular weight is 180 g/mol. The van der Waals surface area contributed by atoms with Crippen LogP contribution >= 0.6 is 0 Å². The number of aryl methyl sites for hydroxylation is 1. The van der Waals surface area contributed by atoms with Crippen LogP contribution in [0, 0.1) is 6.92 Å². The van der Waals surface area contributed by atoms with Gasteiger partial charge in [-0.15, -0.1) is 0 Å². The highest BCUT2D eigenvalue weighted by Gasteiger charge is 2.19. The smallest absolute Gasteiger partial charge is 0.269 e. The van der Waals surface area contributed by atoms with Gasteiger partial charge in [-0.25, -0.2) is 0 Å². The summed E-state index contributed by atoms with van der Waals surface area (Å²) in [4.78, 5) is 15.3. The Bertz CT molecular complexity index is 353. The topological polar surface area (TPSA) is 44.1 Å². The molecule has 1 fully saturated rings. The van der Waals surface area contributed by atoms with Crippen molar-refractivity contribution in [3.8, 4) is 0 Å². The van der Waals surface area contributed by atoms with Crippen molar-refractivity contribution in [1.82, 2.24) is 9.55 Å².